The minimum absolute atomic E-state index is 0.0408. The Morgan fingerprint density at radius 1 is 1.35 bits per heavy atom. The summed E-state index contributed by atoms with van der Waals surface area (Å²) in [6.45, 7) is 8.04. The molecule has 17 heavy (non-hydrogen) atoms. The Kier molecular flexibility index (Phi) is 3.43. The van der Waals surface area contributed by atoms with E-state index >= 15 is 0 Å². The lowest BCUT2D eigenvalue weighted by atomic mass is 9.79. The van der Waals surface area contributed by atoms with Crippen LogP contribution in [0.3, 0.4) is 0 Å². The van der Waals surface area contributed by atoms with Gasteiger partial charge in [-0.15, -0.1) is 0 Å². The number of hydrogen-bond donors (Lipinski definition) is 1. The van der Waals surface area contributed by atoms with Gasteiger partial charge in [-0.25, -0.2) is 0 Å². The molecule has 0 bridgehead atoms. The summed E-state index contributed by atoms with van der Waals surface area (Å²) in [5.41, 5.74) is 2.67. The third-order valence-corrected chi connectivity index (χ3v) is 4.26. The van der Waals surface area contributed by atoms with E-state index in [-0.39, 0.29) is 12.1 Å². The lowest BCUT2D eigenvalue weighted by Gasteiger charge is -2.49. The van der Waals surface area contributed by atoms with Crippen LogP contribution >= 0.6 is 0 Å². The van der Waals surface area contributed by atoms with Gasteiger partial charge in [-0.1, -0.05) is 18.2 Å². The molecule has 1 aromatic rings. The predicted octanol–water partition coefficient (Wildman–Crippen LogP) is 2.98. The number of para-hydroxylation sites is 1. The van der Waals surface area contributed by atoms with Crippen LogP contribution in [0.15, 0.2) is 24.3 Å². The zero-order valence-electron chi connectivity index (χ0n) is 11.1. The highest BCUT2D eigenvalue weighted by Crippen LogP contribution is 2.37. The van der Waals surface area contributed by atoms with Crippen LogP contribution in [0.2, 0.25) is 0 Å². The zero-order chi connectivity index (χ0) is 12.5. The molecular weight excluding hydrogens is 210 g/mol. The van der Waals surface area contributed by atoms with Gasteiger partial charge in [0.05, 0.1) is 0 Å². The number of benzene rings is 1. The van der Waals surface area contributed by atoms with Crippen LogP contribution in [-0.4, -0.2) is 23.8 Å². The molecule has 1 aliphatic rings. The molecule has 1 saturated heterocycles. The first-order valence-corrected chi connectivity index (χ1v) is 6.51. The van der Waals surface area contributed by atoms with E-state index in [0.29, 0.717) is 5.92 Å². The van der Waals surface area contributed by atoms with Gasteiger partial charge in [0.1, 0.15) is 0 Å². The molecule has 0 aromatic heterocycles. The Bertz CT molecular complexity index is 386. The van der Waals surface area contributed by atoms with Gasteiger partial charge in [0.15, 0.2) is 0 Å². The number of hydrogen-bond acceptors (Lipinski definition) is 2. The summed E-state index contributed by atoms with van der Waals surface area (Å²) in [5.74, 6) is 0.371. The van der Waals surface area contributed by atoms with E-state index in [1.165, 1.54) is 17.7 Å². The summed E-state index contributed by atoms with van der Waals surface area (Å²) in [4.78, 5) is 2.46. The number of rotatable bonds is 2. The number of piperidine rings is 1. The van der Waals surface area contributed by atoms with Crippen molar-refractivity contribution in [1.29, 1.82) is 0 Å². The standard InChI is InChI=1S/C15H23NO/c1-12-7-4-5-9-14(12)16-10-6-8-13(11-17)15(16,2)3/h4-5,7,9,13,17H,6,8,10-11H2,1-3H3. The molecule has 1 heterocycles. The highest BCUT2D eigenvalue weighted by atomic mass is 16.3. The van der Waals surface area contributed by atoms with E-state index in [1.807, 2.05) is 0 Å². The first-order chi connectivity index (χ1) is 8.07. The van der Waals surface area contributed by atoms with Gasteiger partial charge in [0, 0.05) is 30.3 Å². The molecule has 0 spiro atoms. The minimum atomic E-state index is 0.0408. The fourth-order valence-corrected chi connectivity index (χ4v) is 2.97. The van der Waals surface area contributed by atoms with Gasteiger partial charge >= 0.3 is 0 Å². The molecular formula is C15H23NO. The number of anilines is 1. The van der Waals surface area contributed by atoms with Crippen molar-refractivity contribution in [2.45, 2.75) is 39.2 Å². The third-order valence-electron chi connectivity index (χ3n) is 4.26. The van der Waals surface area contributed by atoms with Crippen molar-refractivity contribution < 1.29 is 5.11 Å². The molecule has 1 aromatic carbocycles. The number of nitrogens with zero attached hydrogens (tertiary/aromatic N) is 1. The molecule has 2 heteroatoms. The molecule has 0 amide bonds. The van der Waals surface area contributed by atoms with Crippen molar-refractivity contribution in [3.63, 3.8) is 0 Å². The van der Waals surface area contributed by atoms with Crippen LogP contribution in [-0.2, 0) is 0 Å². The van der Waals surface area contributed by atoms with E-state index in [9.17, 15) is 5.11 Å². The van der Waals surface area contributed by atoms with Gasteiger partial charge < -0.3 is 10.0 Å². The number of aryl methyl sites for hydroxylation is 1. The Labute approximate surface area is 104 Å². The van der Waals surface area contributed by atoms with E-state index in [4.69, 9.17) is 0 Å². The SMILES string of the molecule is Cc1ccccc1N1CCCC(CO)C1(C)C. The Hall–Kier alpha value is -1.02. The van der Waals surface area contributed by atoms with Crippen LogP contribution in [0.25, 0.3) is 0 Å². The topological polar surface area (TPSA) is 23.5 Å². The van der Waals surface area contributed by atoms with Crippen LogP contribution < -0.4 is 4.90 Å². The van der Waals surface area contributed by atoms with Gasteiger partial charge in [0.25, 0.3) is 0 Å². The molecule has 1 fully saturated rings. The van der Waals surface area contributed by atoms with E-state index in [2.05, 4.69) is 49.9 Å². The quantitative estimate of drug-likeness (QED) is 0.849. The first-order valence-electron chi connectivity index (χ1n) is 6.51. The lowest BCUT2D eigenvalue weighted by Crippen LogP contribution is -2.54. The summed E-state index contributed by atoms with van der Waals surface area (Å²) >= 11 is 0. The Morgan fingerprint density at radius 3 is 2.71 bits per heavy atom. The average Bonchev–Trinajstić information content (AvgIpc) is 2.30. The van der Waals surface area contributed by atoms with Crippen molar-refractivity contribution in [2.24, 2.45) is 5.92 Å². The van der Waals surface area contributed by atoms with Gasteiger partial charge in [-0.2, -0.15) is 0 Å². The van der Waals surface area contributed by atoms with Crippen LogP contribution in [0, 0.1) is 12.8 Å². The van der Waals surface area contributed by atoms with Crippen LogP contribution in [0.5, 0.6) is 0 Å². The second-order valence-electron chi connectivity index (χ2n) is 5.61. The summed E-state index contributed by atoms with van der Waals surface area (Å²) in [6.07, 6.45) is 2.30. The maximum Gasteiger partial charge on any atom is 0.0481 e. The summed E-state index contributed by atoms with van der Waals surface area (Å²) in [7, 11) is 0. The van der Waals surface area contributed by atoms with Crippen molar-refractivity contribution >= 4 is 5.69 Å². The smallest absolute Gasteiger partial charge is 0.0481 e. The third kappa shape index (κ3) is 2.19. The largest absolute Gasteiger partial charge is 0.396 e. The molecule has 0 saturated carbocycles. The van der Waals surface area contributed by atoms with Crippen molar-refractivity contribution in [1.82, 2.24) is 0 Å². The van der Waals surface area contributed by atoms with Crippen molar-refractivity contribution in [3.8, 4) is 0 Å². The Morgan fingerprint density at radius 2 is 2.06 bits per heavy atom. The van der Waals surface area contributed by atoms with Crippen LogP contribution in [0.1, 0.15) is 32.3 Å². The van der Waals surface area contributed by atoms with E-state index < -0.39 is 0 Å². The van der Waals surface area contributed by atoms with Gasteiger partial charge in [-0.3, -0.25) is 0 Å². The molecule has 2 rings (SSSR count). The van der Waals surface area contributed by atoms with E-state index in [0.717, 1.165) is 13.0 Å². The lowest BCUT2D eigenvalue weighted by molar-refractivity contribution is 0.135. The summed E-state index contributed by atoms with van der Waals surface area (Å²) < 4.78 is 0. The maximum atomic E-state index is 9.53. The highest BCUT2D eigenvalue weighted by molar-refractivity contribution is 5.55. The predicted molar refractivity (Wildman–Crippen MR) is 72.4 cm³/mol. The second kappa shape index (κ2) is 4.69. The Balaban J connectivity index is 2.34. The highest BCUT2D eigenvalue weighted by Gasteiger charge is 2.38. The molecule has 2 nitrogen and oxygen atoms in total. The molecule has 0 aliphatic carbocycles. The zero-order valence-corrected chi connectivity index (χ0v) is 11.1. The normalized spacial score (nSPS) is 23.8. The molecule has 1 aliphatic heterocycles. The fraction of sp³-hybridized carbons (Fsp3) is 0.600. The van der Waals surface area contributed by atoms with Crippen molar-refractivity contribution in [2.75, 3.05) is 18.1 Å². The minimum Gasteiger partial charge on any atom is -0.396 e. The number of aliphatic hydroxyl groups is 1. The monoisotopic (exact) mass is 233 g/mol. The average molecular weight is 233 g/mol. The van der Waals surface area contributed by atoms with E-state index in [1.54, 1.807) is 0 Å². The molecule has 0 radical (unpaired) electrons. The van der Waals surface area contributed by atoms with Crippen molar-refractivity contribution in [3.05, 3.63) is 29.8 Å². The summed E-state index contributed by atoms with van der Waals surface area (Å²) in [5, 5.41) is 9.53. The fourth-order valence-electron chi connectivity index (χ4n) is 2.97. The second-order valence-corrected chi connectivity index (χ2v) is 5.61. The van der Waals surface area contributed by atoms with Crippen LogP contribution in [0.4, 0.5) is 5.69 Å². The summed E-state index contributed by atoms with van der Waals surface area (Å²) in [6, 6.07) is 8.53. The molecule has 1 atom stereocenters. The van der Waals surface area contributed by atoms with Gasteiger partial charge in [0.2, 0.25) is 0 Å². The first kappa shape index (κ1) is 12.4. The van der Waals surface area contributed by atoms with Gasteiger partial charge in [-0.05, 0) is 45.2 Å². The molecule has 1 N–H and O–H groups in total. The number of aliphatic hydroxyl groups excluding tert-OH is 1. The molecule has 1 unspecified atom stereocenters. The maximum absolute atomic E-state index is 9.53. The molecule has 94 valence electrons.